The first kappa shape index (κ1) is 10.1. The number of nitrogens with zero attached hydrogens (tertiary/aromatic N) is 2. The van der Waals surface area contributed by atoms with Gasteiger partial charge in [0, 0.05) is 36.8 Å². The third-order valence-electron chi connectivity index (χ3n) is 1.71. The van der Waals surface area contributed by atoms with Crippen LogP contribution in [-0.4, -0.2) is 24.5 Å². The fourth-order valence-corrected chi connectivity index (χ4v) is 1.10. The summed E-state index contributed by atoms with van der Waals surface area (Å²) >= 11 is 0. The Morgan fingerprint density at radius 2 is 2.43 bits per heavy atom. The van der Waals surface area contributed by atoms with Gasteiger partial charge in [-0.15, -0.1) is 0 Å². The van der Waals surface area contributed by atoms with Crippen LogP contribution in [0.1, 0.15) is 16.1 Å². The highest BCUT2D eigenvalue weighted by Crippen LogP contribution is 2.13. The summed E-state index contributed by atoms with van der Waals surface area (Å²) in [4.78, 5) is 18.4. The zero-order valence-corrected chi connectivity index (χ0v) is 7.84. The molecule has 1 heterocycles. The number of hydrogen-bond donors (Lipinski definition) is 1. The van der Waals surface area contributed by atoms with Crippen molar-refractivity contribution < 1.29 is 4.79 Å². The van der Waals surface area contributed by atoms with Gasteiger partial charge in [-0.3, -0.25) is 14.8 Å². The maximum atomic E-state index is 10.7. The molecule has 0 radical (unpaired) electrons. The van der Waals surface area contributed by atoms with E-state index in [0.29, 0.717) is 23.1 Å². The number of nitrogens with two attached hydrogens (primary N) is 1. The molecule has 1 aromatic rings. The van der Waals surface area contributed by atoms with E-state index in [4.69, 9.17) is 5.73 Å². The number of aldehydes is 1. The van der Waals surface area contributed by atoms with Crippen molar-refractivity contribution in [1.82, 2.24) is 4.98 Å². The van der Waals surface area contributed by atoms with Crippen molar-refractivity contribution in [3.8, 4) is 0 Å². The van der Waals surface area contributed by atoms with Gasteiger partial charge in [0.2, 0.25) is 0 Å². The SMILES string of the molecule is CN=CC(=CN)c1cccnc1C=O. The average molecular weight is 189 g/mol. The lowest BCUT2D eigenvalue weighted by molar-refractivity contribution is 0.111. The molecule has 0 atom stereocenters. The van der Waals surface area contributed by atoms with Crippen molar-refractivity contribution in [1.29, 1.82) is 0 Å². The highest BCUT2D eigenvalue weighted by Gasteiger charge is 2.04. The molecule has 4 heteroatoms. The Morgan fingerprint density at radius 1 is 1.64 bits per heavy atom. The smallest absolute Gasteiger partial charge is 0.169 e. The molecular formula is C10H11N3O. The number of allylic oxidation sites excluding steroid dienone is 1. The maximum absolute atomic E-state index is 10.7. The minimum absolute atomic E-state index is 0.365. The number of hydrogen-bond acceptors (Lipinski definition) is 4. The van der Waals surface area contributed by atoms with Crippen LogP contribution in [0.25, 0.3) is 5.57 Å². The van der Waals surface area contributed by atoms with Crippen LogP contribution in [0.5, 0.6) is 0 Å². The van der Waals surface area contributed by atoms with E-state index in [2.05, 4.69) is 9.98 Å². The number of rotatable bonds is 3. The van der Waals surface area contributed by atoms with Gasteiger partial charge in [-0.05, 0) is 6.07 Å². The molecule has 0 spiro atoms. The number of pyridine rings is 1. The van der Waals surface area contributed by atoms with Crippen LogP contribution in [0.4, 0.5) is 0 Å². The lowest BCUT2D eigenvalue weighted by Gasteiger charge is -2.02. The van der Waals surface area contributed by atoms with E-state index in [-0.39, 0.29) is 0 Å². The molecule has 0 aliphatic rings. The number of aromatic nitrogens is 1. The monoisotopic (exact) mass is 189 g/mol. The number of carbonyl (C=O) groups is 1. The van der Waals surface area contributed by atoms with Crippen LogP contribution in [0.3, 0.4) is 0 Å². The van der Waals surface area contributed by atoms with Crippen LogP contribution >= 0.6 is 0 Å². The highest BCUT2D eigenvalue weighted by atomic mass is 16.1. The summed E-state index contributed by atoms with van der Waals surface area (Å²) in [7, 11) is 1.64. The molecule has 0 aliphatic heterocycles. The summed E-state index contributed by atoms with van der Waals surface area (Å²) in [6.07, 6.45) is 5.24. The summed E-state index contributed by atoms with van der Waals surface area (Å²) in [6, 6.07) is 3.52. The first-order valence-corrected chi connectivity index (χ1v) is 4.08. The zero-order valence-electron chi connectivity index (χ0n) is 7.84. The first-order chi connectivity index (χ1) is 6.83. The largest absolute Gasteiger partial charge is 0.404 e. The maximum Gasteiger partial charge on any atom is 0.169 e. The molecule has 0 aromatic carbocycles. The predicted octanol–water partition coefficient (Wildman–Crippen LogP) is 0.894. The van der Waals surface area contributed by atoms with E-state index in [1.54, 1.807) is 31.6 Å². The second-order valence-corrected chi connectivity index (χ2v) is 2.56. The van der Waals surface area contributed by atoms with E-state index in [0.717, 1.165) is 0 Å². The molecule has 14 heavy (non-hydrogen) atoms. The first-order valence-electron chi connectivity index (χ1n) is 4.08. The molecule has 0 unspecified atom stereocenters. The molecule has 0 saturated heterocycles. The van der Waals surface area contributed by atoms with Crippen LogP contribution in [0.2, 0.25) is 0 Å². The Bertz CT molecular complexity index is 383. The topological polar surface area (TPSA) is 68.3 Å². The molecule has 1 aromatic heterocycles. The van der Waals surface area contributed by atoms with Gasteiger partial charge in [0.25, 0.3) is 0 Å². The second-order valence-electron chi connectivity index (χ2n) is 2.56. The van der Waals surface area contributed by atoms with Gasteiger partial charge in [0.1, 0.15) is 5.69 Å². The summed E-state index contributed by atoms with van der Waals surface area (Å²) in [5.41, 5.74) is 7.16. The van der Waals surface area contributed by atoms with Gasteiger partial charge in [-0.2, -0.15) is 0 Å². The normalized spacial score (nSPS) is 11.9. The quantitative estimate of drug-likeness (QED) is 0.567. The number of aliphatic imine (C=N–C) groups is 1. The van der Waals surface area contributed by atoms with E-state index >= 15 is 0 Å². The fraction of sp³-hybridized carbons (Fsp3) is 0.100. The Balaban J connectivity index is 3.22. The lowest BCUT2D eigenvalue weighted by Crippen LogP contribution is -1.98. The minimum atomic E-state index is 0.365. The third-order valence-corrected chi connectivity index (χ3v) is 1.71. The third kappa shape index (κ3) is 2.04. The van der Waals surface area contributed by atoms with Crippen molar-refractivity contribution in [2.75, 3.05) is 7.05 Å². The number of carbonyl (C=O) groups excluding carboxylic acids is 1. The van der Waals surface area contributed by atoms with Crippen LogP contribution in [-0.2, 0) is 0 Å². The lowest BCUT2D eigenvalue weighted by atomic mass is 10.1. The standard InChI is InChI=1S/C10H11N3O/c1-12-6-8(5-11)9-3-2-4-13-10(9)7-14/h2-7H,11H2,1H3. The van der Waals surface area contributed by atoms with Gasteiger partial charge in [0.05, 0.1) is 0 Å². The molecule has 0 amide bonds. The molecule has 0 saturated carbocycles. The van der Waals surface area contributed by atoms with Gasteiger partial charge in [-0.25, -0.2) is 0 Å². The van der Waals surface area contributed by atoms with E-state index in [9.17, 15) is 4.79 Å². The fourth-order valence-electron chi connectivity index (χ4n) is 1.10. The molecule has 4 nitrogen and oxygen atoms in total. The second kappa shape index (κ2) is 4.91. The summed E-state index contributed by atoms with van der Waals surface area (Å²) in [6.45, 7) is 0. The molecule has 2 N–H and O–H groups in total. The van der Waals surface area contributed by atoms with Crippen LogP contribution in [0, 0.1) is 0 Å². The van der Waals surface area contributed by atoms with Crippen molar-refractivity contribution >= 4 is 18.1 Å². The molecule has 72 valence electrons. The van der Waals surface area contributed by atoms with Crippen molar-refractivity contribution in [3.05, 3.63) is 35.8 Å². The Labute approximate surface area is 82.2 Å². The highest BCUT2D eigenvalue weighted by molar-refractivity contribution is 6.11. The van der Waals surface area contributed by atoms with E-state index in [1.807, 2.05) is 0 Å². The zero-order chi connectivity index (χ0) is 10.4. The van der Waals surface area contributed by atoms with Crippen LogP contribution < -0.4 is 5.73 Å². The van der Waals surface area contributed by atoms with Gasteiger partial charge < -0.3 is 5.73 Å². The van der Waals surface area contributed by atoms with Crippen molar-refractivity contribution in [2.24, 2.45) is 10.7 Å². The average Bonchev–Trinajstić information content (AvgIpc) is 2.26. The molecular weight excluding hydrogens is 178 g/mol. The van der Waals surface area contributed by atoms with Crippen molar-refractivity contribution in [3.63, 3.8) is 0 Å². The molecule has 0 fully saturated rings. The molecule has 0 bridgehead atoms. The minimum Gasteiger partial charge on any atom is -0.404 e. The summed E-state index contributed by atoms with van der Waals surface area (Å²) < 4.78 is 0. The predicted molar refractivity (Wildman–Crippen MR) is 56.2 cm³/mol. The Kier molecular flexibility index (Phi) is 3.55. The Hall–Kier alpha value is -1.97. The van der Waals surface area contributed by atoms with E-state index in [1.165, 1.54) is 6.20 Å². The van der Waals surface area contributed by atoms with Crippen molar-refractivity contribution in [2.45, 2.75) is 0 Å². The summed E-state index contributed by atoms with van der Waals surface area (Å²) in [5.74, 6) is 0. The Morgan fingerprint density at radius 3 is 3.00 bits per heavy atom. The van der Waals surface area contributed by atoms with Gasteiger partial charge in [0.15, 0.2) is 6.29 Å². The molecule has 0 aliphatic carbocycles. The van der Waals surface area contributed by atoms with E-state index < -0.39 is 0 Å². The molecule has 1 rings (SSSR count). The van der Waals surface area contributed by atoms with Gasteiger partial charge >= 0.3 is 0 Å². The van der Waals surface area contributed by atoms with Gasteiger partial charge in [-0.1, -0.05) is 6.07 Å². The van der Waals surface area contributed by atoms with Crippen LogP contribution in [0.15, 0.2) is 29.5 Å². The summed E-state index contributed by atoms with van der Waals surface area (Å²) in [5, 5.41) is 0.